The van der Waals surface area contributed by atoms with E-state index in [0.29, 0.717) is 58.0 Å². The summed E-state index contributed by atoms with van der Waals surface area (Å²) in [4.78, 5) is 11.2. The molecular formula is C37H68N4O3. The highest BCUT2D eigenvalue weighted by Gasteiger charge is 2.62. The Hall–Kier alpha value is -0.990. The van der Waals surface area contributed by atoms with Crippen LogP contribution in [0.4, 0.5) is 0 Å². The van der Waals surface area contributed by atoms with Crippen LogP contribution >= 0.6 is 0 Å². The minimum absolute atomic E-state index is 0.156. The van der Waals surface area contributed by atoms with E-state index in [2.05, 4.69) is 36.7 Å². The molecule has 0 heterocycles. The lowest BCUT2D eigenvalue weighted by molar-refractivity contribution is -0.167. The van der Waals surface area contributed by atoms with Crippen LogP contribution in [0.15, 0.2) is 11.6 Å². The molecule has 0 amide bonds. The van der Waals surface area contributed by atoms with Gasteiger partial charge in [0, 0.05) is 11.6 Å². The second kappa shape index (κ2) is 16.7. The molecule has 0 aliphatic heterocycles. The molecule has 7 nitrogen and oxygen atoms in total. The Labute approximate surface area is 269 Å². The second-order valence-electron chi connectivity index (χ2n) is 15.9. The van der Waals surface area contributed by atoms with Crippen molar-refractivity contribution < 1.29 is 15.0 Å². The lowest BCUT2D eigenvalue weighted by atomic mass is 9.43. The van der Waals surface area contributed by atoms with Gasteiger partial charge in [-0.05, 0) is 182 Å². The van der Waals surface area contributed by atoms with Crippen LogP contribution in [-0.4, -0.2) is 67.6 Å². The predicted octanol–water partition coefficient (Wildman–Crippen LogP) is 5.72. The molecule has 0 aromatic carbocycles. The molecule has 4 aliphatic carbocycles. The Morgan fingerprint density at radius 1 is 0.909 bits per heavy atom. The van der Waals surface area contributed by atoms with E-state index in [1.165, 1.54) is 64.2 Å². The summed E-state index contributed by atoms with van der Waals surface area (Å²) in [5.41, 5.74) is 6.68. The first kappa shape index (κ1) is 35.9. The van der Waals surface area contributed by atoms with Crippen LogP contribution in [0.5, 0.6) is 0 Å². The van der Waals surface area contributed by atoms with Crippen molar-refractivity contribution in [3.05, 3.63) is 11.6 Å². The summed E-state index contributed by atoms with van der Waals surface area (Å²) in [6.45, 7) is 15.4. The van der Waals surface area contributed by atoms with Gasteiger partial charge in [-0.1, -0.05) is 26.8 Å². The van der Waals surface area contributed by atoms with Crippen molar-refractivity contribution in [1.29, 1.82) is 0 Å². The van der Waals surface area contributed by atoms with Gasteiger partial charge in [0.2, 0.25) is 0 Å². The third kappa shape index (κ3) is 8.48. The van der Waals surface area contributed by atoms with Crippen LogP contribution in [0.2, 0.25) is 0 Å². The summed E-state index contributed by atoms with van der Waals surface area (Å²) >= 11 is 0. The number of fused-ring (bicyclic) bond motifs is 5. The average molecular weight is 617 g/mol. The minimum atomic E-state index is -0.802. The first-order chi connectivity index (χ1) is 21.1. The van der Waals surface area contributed by atoms with E-state index >= 15 is 0 Å². The van der Waals surface area contributed by atoms with Crippen molar-refractivity contribution in [3.63, 3.8) is 0 Å². The molecule has 3 unspecified atom stereocenters. The highest BCUT2D eigenvalue weighted by atomic mass is 16.4. The van der Waals surface area contributed by atoms with Crippen molar-refractivity contribution in [1.82, 2.24) is 16.0 Å². The Bertz CT molecular complexity index is 928. The average Bonchev–Trinajstić information content (AvgIpc) is 3.35. The van der Waals surface area contributed by atoms with Crippen LogP contribution in [0.3, 0.4) is 0 Å². The maximum Gasteiger partial charge on any atom is 0.330 e. The Kier molecular flexibility index (Phi) is 13.6. The molecule has 254 valence electrons. The van der Waals surface area contributed by atoms with Gasteiger partial charge in [-0.15, -0.1) is 0 Å². The van der Waals surface area contributed by atoms with E-state index in [0.717, 1.165) is 65.0 Å². The summed E-state index contributed by atoms with van der Waals surface area (Å²) < 4.78 is 0. The number of nitrogens with two attached hydrogens (primary N) is 1. The summed E-state index contributed by atoms with van der Waals surface area (Å²) in [7, 11) is 0. The zero-order valence-corrected chi connectivity index (χ0v) is 28.7. The largest absolute Gasteiger partial charge is 0.478 e. The molecule has 0 spiro atoms. The number of aliphatic hydroxyl groups is 1. The molecule has 4 fully saturated rings. The maximum absolute atomic E-state index is 11.8. The van der Waals surface area contributed by atoms with Crippen LogP contribution in [-0.2, 0) is 4.79 Å². The molecule has 0 aromatic heterocycles. The normalized spacial score (nSPS) is 37.7. The van der Waals surface area contributed by atoms with Gasteiger partial charge >= 0.3 is 5.97 Å². The fourth-order valence-corrected chi connectivity index (χ4v) is 10.7. The second-order valence-corrected chi connectivity index (χ2v) is 15.9. The maximum atomic E-state index is 11.8. The summed E-state index contributed by atoms with van der Waals surface area (Å²) in [5, 5.41) is 32.0. The lowest BCUT2D eigenvalue weighted by Crippen LogP contribution is -2.59. The third-order valence-electron chi connectivity index (χ3n) is 13.3. The van der Waals surface area contributed by atoms with Crippen molar-refractivity contribution >= 4 is 5.97 Å². The van der Waals surface area contributed by atoms with E-state index in [9.17, 15) is 15.0 Å². The van der Waals surface area contributed by atoms with Gasteiger partial charge in [-0.25, -0.2) is 4.79 Å². The molecule has 0 bridgehead atoms. The quantitative estimate of drug-likeness (QED) is 0.0861. The van der Waals surface area contributed by atoms with Gasteiger partial charge < -0.3 is 31.9 Å². The first-order valence-electron chi connectivity index (χ1n) is 18.5. The molecule has 7 N–H and O–H groups in total. The van der Waals surface area contributed by atoms with E-state index in [1.807, 2.05) is 6.08 Å². The Morgan fingerprint density at radius 2 is 1.57 bits per heavy atom. The molecule has 44 heavy (non-hydrogen) atoms. The standard InChI is InChI=1S/C37H68N4O3/c1-26(10-7-11-27(2)35(43)44)30-12-13-31-34-32(15-17-37(30,31)4)36(3)16-14-29(24-28(36)25-33(34)42)41-23-9-22-40-20-6-5-19-39-21-8-18-38/h11,26,28-34,39-42H,5-10,12-25,38H2,1-4H3,(H,43,44)/b27-11+/t26-,28-,29+,30-,31?,32?,33-,34?,36+,37-/m1/s1. The Morgan fingerprint density at radius 3 is 2.27 bits per heavy atom. The number of unbranched alkanes of at least 4 members (excludes halogenated alkanes) is 1. The number of nitrogens with one attached hydrogen (secondary N) is 3. The monoisotopic (exact) mass is 617 g/mol. The highest BCUT2D eigenvalue weighted by Crippen LogP contribution is 2.68. The number of carbonyl (C=O) groups is 1. The molecule has 4 saturated carbocycles. The highest BCUT2D eigenvalue weighted by molar-refractivity contribution is 5.85. The Balaban J connectivity index is 1.21. The number of aliphatic carboxylic acids is 1. The van der Waals surface area contributed by atoms with Crippen LogP contribution in [0.1, 0.15) is 118 Å². The molecule has 4 rings (SSSR count). The van der Waals surface area contributed by atoms with E-state index in [4.69, 9.17) is 5.73 Å². The summed E-state index contributed by atoms with van der Waals surface area (Å²) in [5.74, 6) is 2.85. The number of carboxylic acids is 1. The van der Waals surface area contributed by atoms with Gasteiger partial charge in [0.1, 0.15) is 0 Å². The molecule has 10 atom stereocenters. The van der Waals surface area contributed by atoms with Crippen molar-refractivity contribution in [3.8, 4) is 0 Å². The molecule has 7 heteroatoms. The van der Waals surface area contributed by atoms with Crippen molar-refractivity contribution in [2.75, 3.05) is 39.3 Å². The fourth-order valence-electron chi connectivity index (χ4n) is 10.7. The summed E-state index contributed by atoms with van der Waals surface area (Å²) in [6.07, 6.45) is 18.3. The van der Waals surface area contributed by atoms with E-state index in [1.54, 1.807) is 6.92 Å². The van der Waals surface area contributed by atoms with Gasteiger partial charge in [-0.2, -0.15) is 0 Å². The van der Waals surface area contributed by atoms with Gasteiger partial charge in [0.15, 0.2) is 0 Å². The van der Waals surface area contributed by atoms with Crippen molar-refractivity contribution in [2.24, 2.45) is 52.1 Å². The van der Waals surface area contributed by atoms with Crippen LogP contribution in [0.25, 0.3) is 0 Å². The SMILES string of the molecule is C/C(=C\CC[C@@H](C)[C@H]1CCC2C3C(CC[C@@]21C)[C@@]1(C)CC[C@H](NCCCNCCCCNCCCN)C[C@@H]1C[C@H]3O)C(=O)O. The number of aliphatic hydroxyl groups excluding tert-OH is 1. The van der Waals surface area contributed by atoms with E-state index in [-0.39, 0.29) is 6.10 Å². The number of rotatable bonds is 18. The van der Waals surface area contributed by atoms with Gasteiger partial charge in [0.25, 0.3) is 0 Å². The molecule has 4 aliphatic rings. The number of hydrogen-bond donors (Lipinski definition) is 6. The zero-order valence-electron chi connectivity index (χ0n) is 28.7. The zero-order chi connectivity index (χ0) is 31.7. The lowest BCUT2D eigenvalue weighted by Gasteiger charge is -2.62. The van der Waals surface area contributed by atoms with E-state index < -0.39 is 5.97 Å². The van der Waals surface area contributed by atoms with Crippen molar-refractivity contribution in [2.45, 2.75) is 130 Å². The molecular weight excluding hydrogens is 548 g/mol. The number of allylic oxidation sites excluding steroid dienone is 1. The third-order valence-corrected chi connectivity index (χ3v) is 13.3. The molecule has 0 saturated heterocycles. The number of hydrogen-bond acceptors (Lipinski definition) is 6. The van der Waals surface area contributed by atoms with Gasteiger partial charge in [0.05, 0.1) is 6.10 Å². The van der Waals surface area contributed by atoms with Crippen LogP contribution < -0.4 is 21.7 Å². The first-order valence-corrected chi connectivity index (χ1v) is 18.5. The smallest absolute Gasteiger partial charge is 0.330 e. The predicted molar refractivity (Wildman–Crippen MR) is 181 cm³/mol. The molecule has 0 radical (unpaired) electrons. The van der Waals surface area contributed by atoms with Gasteiger partial charge in [-0.3, -0.25) is 0 Å². The molecule has 0 aromatic rings. The summed E-state index contributed by atoms with van der Waals surface area (Å²) in [6, 6.07) is 0.598. The topological polar surface area (TPSA) is 120 Å². The van der Waals surface area contributed by atoms with Crippen LogP contribution in [0, 0.1) is 46.3 Å². The minimum Gasteiger partial charge on any atom is -0.478 e. The number of carboxylic acid groups (broad SMARTS) is 1. The fraction of sp³-hybridized carbons (Fsp3) is 0.919.